The molecule has 6 heteroatoms. The fourth-order valence-corrected chi connectivity index (χ4v) is 1.88. The maximum absolute atomic E-state index is 11.9. The predicted octanol–water partition coefficient (Wildman–Crippen LogP) is 0.972. The van der Waals surface area contributed by atoms with E-state index in [0.29, 0.717) is 17.1 Å². The average molecular weight is 263 g/mol. The number of benzene rings is 1. The number of hydrogen-bond acceptors (Lipinski definition) is 5. The molecular formula is C13H13NO5. The van der Waals surface area contributed by atoms with E-state index in [2.05, 4.69) is 0 Å². The zero-order valence-corrected chi connectivity index (χ0v) is 10.8. The van der Waals surface area contributed by atoms with E-state index in [0.717, 1.165) is 4.90 Å². The van der Waals surface area contributed by atoms with Crippen LogP contribution >= 0.6 is 0 Å². The highest BCUT2D eigenvalue weighted by Crippen LogP contribution is 2.33. The van der Waals surface area contributed by atoms with Gasteiger partial charge < -0.3 is 14.6 Å². The summed E-state index contributed by atoms with van der Waals surface area (Å²) in [6.45, 7) is 0. The molecule has 1 aliphatic heterocycles. The minimum absolute atomic E-state index is 0.0338. The van der Waals surface area contributed by atoms with Crippen molar-refractivity contribution in [2.45, 2.75) is 0 Å². The molecule has 0 aliphatic carbocycles. The Kier molecular flexibility index (Phi) is 3.16. The van der Waals surface area contributed by atoms with Gasteiger partial charge in [-0.1, -0.05) is 6.07 Å². The molecule has 6 nitrogen and oxygen atoms in total. The molecule has 0 bridgehead atoms. The van der Waals surface area contributed by atoms with Crippen molar-refractivity contribution in [3.05, 3.63) is 29.5 Å². The number of ether oxygens (including phenoxy) is 2. The predicted molar refractivity (Wildman–Crippen MR) is 66.9 cm³/mol. The van der Waals surface area contributed by atoms with Crippen molar-refractivity contribution in [3.8, 4) is 11.5 Å². The third-order valence-corrected chi connectivity index (χ3v) is 2.93. The summed E-state index contributed by atoms with van der Waals surface area (Å²) in [6.07, 6.45) is 0. The third kappa shape index (κ3) is 1.91. The van der Waals surface area contributed by atoms with Crippen molar-refractivity contribution in [2.24, 2.45) is 0 Å². The van der Waals surface area contributed by atoms with Gasteiger partial charge in [-0.15, -0.1) is 0 Å². The van der Waals surface area contributed by atoms with E-state index < -0.39 is 17.6 Å². The number of rotatable bonds is 3. The van der Waals surface area contributed by atoms with E-state index >= 15 is 0 Å². The Labute approximate surface area is 109 Å². The molecule has 1 aromatic carbocycles. The van der Waals surface area contributed by atoms with Gasteiger partial charge in [-0.2, -0.15) is 0 Å². The standard InChI is InChI=1S/C13H13NO5/c1-14-12(16)10(11(15)13(14)17)7-4-5-8(18-2)9(6-7)19-3/h4-6,15H,1-3H3. The number of amides is 2. The van der Waals surface area contributed by atoms with Crippen LogP contribution in [-0.2, 0) is 9.59 Å². The highest BCUT2D eigenvalue weighted by Gasteiger charge is 2.36. The van der Waals surface area contributed by atoms with Crippen LogP contribution in [-0.4, -0.2) is 43.1 Å². The number of aliphatic hydroxyl groups excluding tert-OH is 1. The van der Waals surface area contributed by atoms with Gasteiger partial charge in [-0.25, -0.2) is 0 Å². The van der Waals surface area contributed by atoms with Crippen LogP contribution in [0.25, 0.3) is 5.57 Å². The topological polar surface area (TPSA) is 76.1 Å². The first-order valence-corrected chi connectivity index (χ1v) is 5.49. The second kappa shape index (κ2) is 4.64. The van der Waals surface area contributed by atoms with Gasteiger partial charge in [0.25, 0.3) is 11.8 Å². The summed E-state index contributed by atoms with van der Waals surface area (Å²) >= 11 is 0. The fourth-order valence-electron chi connectivity index (χ4n) is 1.88. The molecule has 1 heterocycles. The van der Waals surface area contributed by atoms with Gasteiger partial charge in [0.2, 0.25) is 0 Å². The number of hydrogen-bond donors (Lipinski definition) is 1. The van der Waals surface area contributed by atoms with E-state index in [4.69, 9.17) is 9.47 Å². The number of carbonyl (C=O) groups is 2. The molecule has 2 amide bonds. The van der Waals surface area contributed by atoms with Crippen LogP contribution < -0.4 is 9.47 Å². The van der Waals surface area contributed by atoms with Gasteiger partial charge in [-0.3, -0.25) is 14.5 Å². The number of methoxy groups -OCH3 is 2. The molecule has 19 heavy (non-hydrogen) atoms. The molecule has 0 spiro atoms. The van der Waals surface area contributed by atoms with Gasteiger partial charge >= 0.3 is 0 Å². The minimum atomic E-state index is -0.713. The van der Waals surface area contributed by atoms with E-state index in [1.54, 1.807) is 12.1 Å². The van der Waals surface area contributed by atoms with Gasteiger partial charge in [0, 0.05) is 7.05 Å². The van der Waals surface area contributed by atoms with Crippen molar-refractivity contribution in [2.75, 3.05) is 21.3 Å². The Bertz CT molecular complexity index is 591. The first kappa shape index (κ1) is 12.9. The summed E-state index contributed by atoms with van der Waals surface area (Å²) in [5, 5.41) is 9.74. The zero-order valence-electron chi connectivity index (χ0n) is 10.8. The molecule has 1 aromatic rings. The van der Waals surface area contributed by atoms with Crippen molar-refractivity contribution in [1.82, 2.24) is 4.90 Å². The normalized spacial score (nSPS) is 15.2. The highest BCUT2D eigenvalue weighted by atomic mass is 16.5. The maximum atomic E-state index is 11.9. The Morgan fingerprint density at radius 1 is 1.05 bits per heavy atom. The number of nitrogens with zero attached hydrogens (tertiary/aromatic N) is 1. The Morgan fingerprint density at radius 2 is 1.68 bits per heavy atom. The number of carbonyl (C=O) groups excluding carboxylic acids is 2. The second-order valence-corrected chi connectivity index (χ2v) is 3.96. The number of likely N-dealkylation sites (N-methyl/N-ethyl adjacent to an activating group) is 1. The summed E-state index contributed by atoms with van der Waals surface area (Å²) in [7, 11) is 4.27. The molecule has 0 radical (unpaired) electrons. The van der Waals surface area contributed by atoms with Crippen molar-refractivity contribution in [1.29, 1.82) is 0 Å². The lowest BCUT2D eigenvalue weighted by Gasteiger charge is -2.10. The van der Waals surface area contributed by atoms with Crippen LogP contribution in [0.4, 0.5) is 0 Å². The lowest BCUT2D eigenvalue weighted by molar-refractivity contribution is -0.136. The fraction of sp³-hybridized carbons (Fsp3) is 0.231. The van der Waals surface area contributed by atoms with Crippen LogP contribution in [0.2, 0.25) is 0 Å². The van der Waals surface area contributed by atoms with Crippen LogP contribution in [0.15, 0.2) is 24.0 Å². The minimum Gasteiger partial charge on any atom is -0.502 e. The van der Waals surface area contributed by atoms with Crippen molar-refractivity contribution in [3.63, 3.8) is 0 Å². The molecular weight excluding hydrogens is 250 g/mol. The first-order chi connectivity index (χ1) is 9.01. The summed E-state index contributed by atoms with van der Waals surface area (Å²) < 4.78 is 10.2. The Morgan fingerprint density at radius 3 is 2.16 bits per heavy atom. The van der Waals surface area contributed by atoms with Gasteiger partial charge in [0.1, 0.15) is 0 Å². The molecule has 0 unspecified atom stereocenters. The van der Waals surface area contributed by atoms with Crippen LogP contribution in [0.3, 0.4) is 0 Å². The molecule has 0 fully saturated rings. The third-order valence-electron chi connectivity index (χ3n) is 2.93. The van der Waals surface area contributed by atoms with Gasteiger partial charge in [-0.05, 0) is 17.7 Å². The second-order valence-electron chi connectivity index (χ2n) is 3.96. The quantitative estimate of drug-likeness (QED) is 0.822. The largest absolute Gasteiger partial charge is 0.502 e. The van der Waals surface area contributed by atoms with Gasteiger partial charge in [0.05, 0.1) is 19.8 Å². The molecule has 0 saturated heterocycles. The van der Waals surface area contributed by atoms with E-state index in [1.807, 2.05) is 0 Å². The summed E-state index contributed by atoms with van der Waals surface area (Å²) in [5.41, 5.74) is 0.367. The zero-order chi connectivity index (χ0) is 14.2. The molecule has 1 aliphatic rings. The highest BCUT2D eigenvalue weighted by molar-refractivity contribution is 6.34. The lowest BCUT2D eigenvalue weighted by atomic mass is 10.0. The maximum Gasteiger partial charge on any atom is 0.296 e. The molecule has 1 N–H and O–H groups in total. The molecule has 100 valence electrons. The Balaban J connectivity index is 2.54. The Hall–Kier alpha value is -2.50. The smallest absolute Gasteiger partial charge is 0.296 e. The van der Waals surface area contributed by atoms with E-state index in [1.165, 1.54) is 27.3 Å². The summed E-state index contributed by atoms with van der Waals surface area (Å²) in [4.78, 5) is 24.3. The summed E-state index contributed by atoms with van der Waals surface area (Å²) in [5.74, 6) is -0.907. The lowest BCUT2D eigenvalue weighted by Crippen LogP contribution is -2.26. The van der Waals surface area contributed by atoms with Crippen LogP contribution in [0.5, 0.6) is 11.5 Å². The molecule has 0 aromatic heterocycles. The first-order valence-electron chi connectivity index (χ1n) is 5.49. The van der Waals surface area contributed by atoms with Crippen LogP contribution in [0.1, 0.15) is 5.56 Å². The molecule has 0 saturated carbocycles. The summed E-state index contributed by atoms with van der Waals surface area (Å²) in [6, 6.07) is 4.72. The van der Waals surface area contributed by atoms with Crippen molar-refractivity contribution < 1.29 is 24.2 Å². The number of aliphatic hydroxyl groups is 1. The SMILES string of the molecule is COc1ccc(C2=C(O)C(=O)N(C)C2=O)cc1OC. The van der Waals surface area contributed by atoms with E-state index in [9.17, 15) is 14.7 Å². The van der Waals surface area contributed by atoms with E-state index in [-0.39, 0.29) is 5.57 Å². The van der Waals surface area contributed by atoms with Crippen molar-refractivity contribution >= 4 is 17.4 Å². The number of imide groups is 1. The molecule has 2 rings (SSSR count). The van der Waals surface area contributed by atoms with Gasteiger partial charge in [0.15, 0.2) is 17.3 Å². The average Bonchev–Trinajstić information content (AvgIpc) is 2.62. The molecule has 0 atom stereocenters. The monoisotopic (exact) mass is 263 g/mol. The van der Waals surface area contributed by atoms with Crippen LogP contribution in [0, 0.1) is 0 Å².